The summed E-state index contributed by atoms with van der Waals surface area (Å²) in [6.45, 7) is 4.72. The van der Waals surface area contributed by atoms with Crippen molar-refractivity contribution >= 4 is 33.5 Å². The van der Waals surface area contributed by atoms with Gasteiger partial charge in [-0.1, -0.05) is 24.3 Å². The summed E-state index contributed by atoms with van der Waals surface area (Å²) in [5.74, 6) is 2.62. The molecule has 0 aliphatic carbocycles. The minimum Gasteiger partial charge on any atom is -0.456 e. The zero-order chi connectivity index (χ0) is 24.5. The molecule has 0 saturated carbocycles. The number of fused-ring (bicyclic) bond motifs is 2. The van der Waals surface area contributed by atoms with Crippen LogP contribution >= 0.6 is 0 Å². The van der Waals surface area contributed by atoms with E-state index >= 15 is 0 Å². The number of amidine groups is 2. The molecule has 2 aromatic carbocycles. The van der Waals surface area contributed by atoms with Gasteiger partial charge >= 0.3 is 0 Å². The van der Waals surface area contributed by atoms with Crippen molar-refractivity contribution in [2.45, 2.75) is 13.3 Å². The van der Waals surface area contributed by atoms with Gasteiger partial charge in [0, 0.05) is 65.9 Å². The number of aromatic nitrogens is 2. The molecule has 0 fully saturated rings. The molecule has 0 radical (unpaired) electrons. The van der Waals surface area contributed by atoms with Crippen LogP contribution in [0.15, 0.2) is 81.3 Å². The van der Waals surface area contributed by atoms with E-state index in [-0.39, 0.29) is 0 Å². The van der Waals surface area contributed by atoms with E-state index in [0.717, 1.165) is 93.4 Å². The standard InChI is InChI=1S/C29H28N6O/c1-3-31-28(30-2)21-8-6-19-15-27(36-26(19)16-21)22-9-10-23(34-17-22)25-13-18-5-7-20(14-24(18)35-25)29-32-11-4-12-33-29/h5-10,13-17,35H,3-4,11-12H2,1-2H3,(H,30,31)(H,32,33). The summed E-state index contributed by atoms with van der Waals surface area (Å²) >= 11 is 0. The summed E-state index contributed by atoms with van der Waals surface area (Å²) in [4.78, 5) is 17.2. The van der Waals surface area contributed by atoms with Crippen molar-refractivity contribution in [3.05, 3.63) is 78.0 Å². The van der Waals surface area contributed by atoms with Gasteiger partial charge in [-0.05, 0) is 49.7 Å². The van der Waals surface area contributed by atoms with Gasteiger partial charge in [0.1, 0.15) is 23.0 Å². The molecule has 7 nitrogen and oxygen atoms in total. The zero-order valence-corrected chi connectivity index (χ0v) is 20.4. The molecule has 1 aliphatic heterocycles. The summed E-state index contributed by atoms with van der Waals surface area (Å²) in [6, 6.07) is 20.8. The lowest BCUT2D eigenvalue weighted by Gasteiger charge is -2.14. The molecule has 5 aromatic rings. The molecule has 6 rings (SSSR count). The van der Waals surface area contributed by atoms with Crippen molar-refractivity contribution < 1.29 is 4.42 Å². The number of aromatic amines is 1. The largest absolute Gasteiger partial charge is 0.456 e. The van der Waals surface area contributed by atoms with E-state index in [2.05, 4.69) is 81.1 Å². The summed E-state index contributed by atoms with van der Waals surface area (Å²) < 4.78 is 6.18. The Morgan fingerprint density at radius 2 is 1.92 bits per heavy atom. The molecule has 4 heterocycles. The Balaban J connectivity index is 1.27. The Kier molecular flexibility index (Phi) is 5.73. The molecular formula is C29H28N6O. The maximum atomic E-state index is 6.18. The number of rotatable bonds is 5. The van der Waals surface area contributed by atoms with Crippen molar-refractivity contribution in [3.8, 4) is 22.7 Å². The van der Waals surface area contributed by atoms with E-state index in [1.54, 1.807) is 7.05 Å². The molecule has 3 aromatic heterocycles. The van der Waals surface area contributed by atoms with E-state index < -0.39 is 0 Å². The zero-order valence-electron chi connectivity index (χ0n) is 20.4. The quantitative estimate of drug-likeness (QED) is 0.235. The fourth-order valence-corrected chi connectivity index (χ4v) is 4.64. The van der Waals surface area contributed by atoms with Crippen molar-refractivity contribution in [1.82, 2.24) is 20.6 Å². The molecule has 0 bridgehead atoms. The Hall–Kier alpha value is -4.39. The van der Waals surface area contributed by atoms with E-state index in [1.807, 2.05) is 18.3 Å². The molecule has 0 atom stereocenters. The van der Waals surface area contributed by atoms with Crippen molar-refractivity contribution in [3.63, 3.8) is 0 Å². The third-order valence-corrected chi connectivity index (χ3v) is 6.48. The van der Waals surface area contributed by atoms with Crippen LogP contribution in [0.5, 0.6) is 0 Å². The molecule has 0 saturated heterocycles. The molecular weight excluding hydrogens is 448 g/mol. The molecule has 7 heteroatoms. The van der Waals surface area contributed by atoms with Crippen LogP contribution in [0.4, 0.5) is 0 Å². The predicted octanol–water partition coefficient (Wildman–Crippen LogP) is 5.37. The number of hydrogen-bond acceptors (Lipinski definition) is 5. The van der Waals surface area contributed by atoms with Crippen LogP contribution in [-0.4, -0.2) is 48.3 Å². The number of nitrogens with one attached hydrogen (secondary N) is 3. The normalized spacial score (nSPS) is 14.2. The summed E-state index contributed by atoms with van der Waals surface area (Å²) in [6.07, 6.45) is 2.95. The third-order valence-electron chi connectivity index (χ3n) is 6.48. The lowest BCUT2D eigenvalue weighted by molar-refractivity contribution is 0.631. The van der Waals surface area contributed by atoms with Gasteiger partial charge in [0.05, 0.1) is 11.4 Å². The fourth-order valence-electron chi connectivity index (χ4n) is 4.64. The van der Waals surface area contributed by atoms with Gasteiger partial charge in [-0.25, -0.2) is 0 Å². The summed E-state index contributed by atoms with van der Waals surface area (Å²) in [5.41, 5.74) is 6.82. The van der Waals surface area contributed by atoms with Gasteiger partial charge < -0.3 is 20.0 Å². The number of pyridine rings is 1. The number of aliphatic imine (C=N–C) groups is 2. The first kappa shape index (κ1) is 22.1. The van der Waals surface area contributed by atoms with Gasteiger partial charge in [0.15, 0.2) is 0 Å². The van der Waals surface area contributed by atoms with Crippen molar-refractivity contribution in [1.29, 1.82) is 0 Å². The first-order valence-corrected chi connectivity index (χ1v) is 12.3. The Morgan fingerprint density at radius 1 is 1.03 bits per heavy atom. The second-order valence-electron chi connectivity index (χ2n) is 8.89. The smallest absolute Gasteiger partial charge is 0.136 e. The van der Waals surface area contributed by atoms with Crippen LogP contribution in [-0.2, 0) is 0 Å². The predicted molar refractivity (Wildman–Crippen MR) is 147 cm³/mol. The minimum absolute atomic E-state index is 0.793. The minimum atomic E-state index is 0.793. The van der Waals surface area contributed by atoms with Crippen LogP contribution in [0.2, 0.25) is 0 Å². The van der Waals surface area contributed by atoms with E-state index in [9.17, 15) is 0 Å². The number of nitrogens with zero attached hydrogens (tertiary/aromatic N) is 3. The second kappa shape index (κ2) is 9.34. The molecule has 180 valence electrons. The van der Waals surface area contributed by atoms with Crippen LogP contribution < -0.4 is 10.6 Å². The van der Waals surface area contributed by atoms with Gasteiger partial charge in [0.25, 0.3) is 0 Å². The van der Waals surface area contributed by atoms with Crippen LogP contribution in [0.3, 0.4) is 0 Å². The summed E-state index contributed by atoms with van der Waals surface area (Å²) in [5, 5.41) is 8.88. The number of H-pyrrole nitrogens is 1. The van der Waals surface area contributed by atoms with Gasteiger partial charge in [-0.3, -0.25) is 15.0 Å². The highest BCUT2D eigenvalue weighted by Gasteiger charge is 2.12. The maximum absolute atomic E-state index is 6.18. The number of hydrogen-bond donors (Lipinski definition) is 3. The lowest BCUT2D eigenvalue weighted by atomic mass is 10.1. The molecule has 1 aliphatic rings. The monoisotopic (exact) mass is 476 g/mol. The first-order chi connectivity index (χ1) is 17.7. The topological polar surface area (TPSA) is 90.6 Å². The average molecular weight is 477 g/mol. The average Bonchev–Trinajstić information content (AvgIpc) is 3.56. The number of furan rings is 1. The van der Waals surface area contributed by atoms with Crippen LogP contribution in [0.1, 0.15) is 24.5 Å². The highest BCUT2D eigenvalue weighted by molar-refractivity contribution is 6.03. The van der Waals surface area contributed by atoms with E-state index in [4.69, 9.17) is 9.40 Å². The van der Waals surface area contributed by atoms with E-state index in [1.165, 1.54) is 0 Å². The van der Waals surface area contributed by atoms with Crippen molar-refractivity contribution in [2.75, 3.05) is 26.7 Å². The highest BCUT2D eigenvalue weighted by Crippen LogP contribution is 2.30. The number of benzene rings is 2. The molecule has 0 spiro atoms. The summed E-state index contributed by atoms with van der Waals surface area (Å²) in [7, 11) is 1.79. The maximum Gasteiger partial charge on any atom is 0.136 e. The SMILES string of the molecule is CCNC(=NC)c1ccc2cc(-c3ccc(-c4cc5ccc(C6=NCCCN6)cc5[nH]4)nc3)oc2c1. The molecule has 36 heavy (non-hydrogen) atoms. The molecule has 3 N–H and O–H groups in total. The highest BCUT2D eigenvalue weighted by atomic mass is 16.3. The first-order valence-electron chi connectivity index (χ1n) is 12.3. The molecule has 0 unspecified atom stereocenters. The fraction of sp³-hybridized carbons (Fsp3) is 0.207. The third kappa shape index (κ3) is 4.13. The van der Waals surface area contributed by atoms with Crippen molar-refractivity contribution in [2.24, 2.45) is 9.98 Å². The van der Waals surface area contributed by atoms with Gasteiger partial charge in [-0.15, -0.1) is 0 Å². The Bertz CT molecular complexity index is 1610. The Morgan fingerprint density at radius 3 is 2.69 bits per heavy atom. The van der Waals surface area contributed by atoms with E-state index in [0.29, 0.717) is 0 Å². The molecule has 0 amide bonds. The van der Waals surface area contributed by atoms with Crippen LogP contribution in [0.25, 0.3) is 44.6 Å². The lowest BCUT2D eigenvalue weighted by Crippen LogP contribution is -2.30. The van der Waals surface area contributed by atoms with Gasteiger partial charge in [0.2, 0.25) is 0 Å². The van der Waals surface area contributed by atoms with Crippen LogP contribution in [0, 0.1) is 0 Å². The Labute approximate surface area is 209 Å². The second-order valence-corrected chi connectivity index (χ2v) is 8.89. The van der Waals surface area contributed by atoms with Gasteiger partial charge in [-0.2, -0.15) is 0 Å².